The van der Waals surface area contributed by atoms with Crippen molar-refractivity contribution >= 4 is 17.5 Å². The van der Waals surface area contributed by atoms with Crippen LogP contribution in [-0.4, -0.2) is 42.2 Å². The minimum Gasteiger partial charge on any atom is -0.497 e. The number of hydrogen-bond donors (Lipinski definition) is 1. The molecule has 1 fully saturated rings. The Labute approximate surface area is 161 Å². The third kappa shape index (κ3) is 4.67. The zero-order valence-electron chi connectivity index (χ0n) is 16.4. The van der Waals surface area contributed by atoms with Crippen LogP contribution < -0.4 is 10.1 Å². The summed E-state index contributed by atoms with van der Waals surface area (Å²) in [4.78, 5) is 24.7. The lowest BCUT2D eigenvalue weighted by atomic mass is 9.78. The molecule has 146 valence electrons. The van der Waals surface area contributed by atoms with E-state index in [9.17, 15) is 9.59 Å². The van der Waals surface area contributed by atoms with Crippen molar-refractivity contribution in [3.05, 3.63) is 29.8 Å². The fourth-order valence-corrected chi connectivity index (χ4v) is 3.89. The van der Waals surface area contributed by atoms with E-state index < -0.39 is 0 Å². The molecular formula is C21H29N3O3. The highest BCUT2D eigenvalue weighted by molar-refractivity contribution is 6.04. The number of carbonyl (C=O) groups is 2. The highest BCUT2D eigenvalue weighted by Crippen LogP contribution is 2.29. The summed E-state index contributed by atoms with van der Waals surface area (Å²) in [7, 11) is 1.63. The van der Waals surface area contributed by atoms with Crippen LogP contribution in [0.5, 0.6) is 5.75 Å². The predicted molar refractivity (Wildman–Crippen MR) is 105 cm³/mol. The van der Waals surface area contributed by atoms with Gasteiger partial charge in [-0.1, -0.05) is 26.7 Å². The summed E-state index contributed by atoms with van der Waals surface area (Å²) in [6.45, 7) is 4.42. The maximum absolute atomic E-state index is 12.5. The number of methoxy groups -OCH3 is 1. The molecule has 6 nitrogen and oxygen atoms in total. The van der Waals surface area contributed by atoms with E-state index in [1.165, 1.54) is 11.4 Å². The lowest BCUT2D eigenvalue weighted by Gasteiger charge is -2.35. The molecule has 1 heterocycles. The van der Waals surface area contributed by atoms with E-state index in [1.807, 2.05) is 24.3 Å². The van der Waals surface area contributed by atoms with Gasteiger partial charge in [-0.3, -0.25) is 9.59 Å². The van der Waals surface area contributed by atoms with Gasteiger partial charge in [-0.15, -0.1) is 0 Å². The molecule has 1 N–H and O–H groups in total. The fourth-order valence-electron chi connectivity index (χ4n) is 3.89. The quantitative estimate of drug-likeness (QED) is 0.865. The molecule has 1 aromatic carbocycles. The molecule has 0 saturated heterocycles. The van der Waals surface area contributed by atoms with E-state index in [2.05, 4.69) is 24.3 Å². The van der Waals surface area contributed by atoms with Crippen LogP contribution in [0.3, 0.4) is 0 Å². The Balaban J connectivity index is 1.65. The summed E-state index contributed by atoms with van der Waals surface area (Å²) in [6, 6.07) is 7.79. The molecule has 2 amide bonds. The van der Waals surface area contributed by atoms with Crippen molar-refractivity contribution in [2.45, 2.75) is 52.0 Å². The van der Waals surface area contributed by atoms with Crippen molar-refractivity contribution in [1.82, 2.24) is 10.3 Å². The first-order chi connectivity index (χ1) is 13.0. The molecule has 3 rings (SSSR count). The molecule has 0 spiro atoms. The first kappa shape index (κ1) is 19.4. The smallest absolute Gasteiger partial charge is 0.243 e. The lowest BCUT2D eigenvalue weighted by Crippen LogP contribution is -2.48. The van der Waals surface area contributed by atoms with Gasteiger partial charge in [0, 0.05) is 18.9 Å². The summed E-state index contributed by atoms with van der Waals surface area (Å²) in [5, 5.41) is 8.89. The number of carbonyl (C=O) groups excluding carboxylic acids is 2. The Morgan fingerprint density at radius 2 is 1.96 bits per heavy atom. The first-order valence-corrected chi connectivity index (χ1v) is 9.79. The van der Waals surface area contributed by atoms with Crippen LogP contribution in [0.25, 0.3) is 0 Å². The van der Waals surface area contributed by atoms with Gasteiger partial charge in [0.1, 0.15) is 12.3 Å². The number of hydrazone groups is 1. The molecule has 0 unspecified atom stereocenters. The molecule has 2 aliphatic rings. The second-order valence-electron chi connectivity index (χ2n) is 7.67. The number of nitrogens with one attached hydrogen (secondary N) is 1. The zero-order chi connectivity index (χ0) is 19.4. The van der Waals surface area contributed by atoms with Gasteiger partial charge >= 0.3 is 0 Å². The number of amides is 2. The number of rotatable bonds is 5. The average molecular weight is 371 g/mol. The Kier molecular flexibility index (Phi) is 6.14. The van der Waals surface area contributed by atoms with Gasteiger partial charge in [-0.2, -0.15) is 5.10 Å². The summed E-state index contributed by atoms with van der Waals surface area (Å²) >= 11 is 0. The van der Waals surface area contributed by atoms with Crippen LogP contribution in [0.15, 0.2) is 29.4 Å². The van der Waals surface area contributed by atoms with Gasteiger partial charge in [0.2, 0.25) is 11.8 Å². The SMILES string of the molecule is COc1ccc(C2=NN(CC(=O)N[C@@H]3CCC[C@H](C)[C@@H]3C)C(=O)CC2)cc1. The van der Waals surface area contributed by atoms with Gasteiger partial charge in [-0.05, 0) is 48.1 Å². The van der Waals surface area contributed by atoms with E-state index in [0.717, 1.165) is 29.9 Å². The molecule has 0 bridgehead atoms. The van der Waals surface area contributed by atoms with E-state index in [-0.39, 0.29) is 24.4 Å². The van der Waals surface area contributed by atoms with Gasteiger partial charge in [-0.25, -0.2) is 5.01 Å². The normalized spacial score (nSPS) is 25.7. The molecular weight excluding hydrogens is 342 g/mol. The third-order valence-electron chi connectivity index (χ3n) is 5.87. The molecule has 3 atom stereocenters. The van der Waals surface area contributed by atoms with Crippen molar-refractivity contribution in [1.29, 1.82) is 0 Å². The molecule has 1 saturated carbocycles. The van der Waals surface area contributed by atoms with Crippen LogP contribution in [0.1, 0.15) is 51.5 Å². The molecule has 27 heavy (non-hydrogen) atoms. The second-order valence-corrected chi connectivity index (χ2v) is 7.67. The van der Waals surface area contributed by atoms with Gasteiger partial charge in [0.05, 0.1) is 12.8 Å². The summed E-state index contributed by atoms with van der Waals surface area (Å²) in [5.41, 5.74) is 1.77. The number of ether oxygens (including phenoxy) is 1. The largest absolute Gasteiger partial charge is 0.497 e. The highest BCUT2D eigenvalue weighted by atomic mass is 16.5. The number of nitrogens with zero attached hydrogens (tertiary/aromatic N) is 2. The molecule has 1 aliphatic carbocycles. The molecule has 0 aromatic heterocycles. The van der Waals surface area contributed by atoms with Gasteiger partial charge in [0.25, 0.3) is 0 Å². The fraction of sp³-hybridized carbons (Fsp3) is 0.571. The Bertz CT molecular complexity index is 714. The molecule has 6 heteroatoms. The maximum Gasteiger partial charge on any atom is 0.243 e. The van der Waals surface area contributed by atoms with Gasteiger partial charge < -0.3 is 10.1 Å². The Hall–Kier alpha value is -2.37. The van der Waals surface area contributed by atoms with Crippen LogP contribution in [0.4, 0.5) is 0 Å². The summed E-state index contributed by atoms with van der Waals surface area (Å²) in [5.74, 6) is 1.61. The number of hydrogen-bond acceptors (Lipinski definition) is 4. The van der Waals surface area contributed by atoms with E-state index in [1.54, 1.807) is 7.11 Å². The zero-order valence-corrected chi connectivity index (χ0v) is 16.4. The second kappa shape index (κ2) is 8.55. The van der Waals surface area contributed by atoms with Crippen molar-refractivity contribution in [2.75, 3.05) is 13.7 Å². The Morgan fingerprint density at radius 1 is 1.22 bits per heavy atom. The summed E-state index contributed by atoms with van der Waals surface area (Å²) < 4.78 is 5.18. The average Bonchev–Trinajstić information content (AvgIpc) is 2.67. The first-order valence-electron chi connectivity index (χ1n) is 9.79. The minimum absolute atomic E-state index is 0.0178. The van der Waals surface area contributed by atoms with Crippen LogP contribution in [-0.2, 0) is 9.59 Å². The van der Waals surface area contributed by atoms with Crippen molar-refractivity contribution in [3.8, 4) is 5.75 Å². The third-order valence-corrected chi connectivity index (χ3v) is 5.87. The van der Waals surface area contributed by atoms with E-state index in [4.69, 9.17) is 4.74 Å². The van der Waals surface area contributed by atoms with Crippen LogP contribution in [0.2, 0.25) is 0 Å². The van der Waals surface area contributed by atoms with E-state index in [0.29, 0.717) is 24.7 Å². The topological polar surface area (TPSA) is 71.0 Å². The van der Waals surface area contributed by atoms with E-state index >= 15 is 0 Å². The number of benzene rings is 1. The van der Waals surface area contributed by atoms with Crippen molar-refractivity contribution in [3.63, 3.8) is 0 Å². The molecule has 0 radical (unpaired) electrons. The molecule has 1 aliphatic heterocycles. The van der Waals surface area contributed by atoms with Gasteiger partial charge in [0.15, 0.2) is 0 Å². The monoisotopic (exact) mass is 371 g/mol. The predicted octanol–water partition coefficient (Wildman–Crippen LogP) is 2.96. The minimum atomic E-state index is -0.131. The molecule has 1 aromatic rings. The van der Waals surface area contributed by atoms with Crippen LogP contribution in [0, 0.1) is 11.8 Å². The summed E-state index contributed by atoms with van der Waals surface area (Å²) in [6.07, 6.45) is 4.31. The van der Waals surface area contributed by atoms with Crippen molar-refractivity contribution in [2.24, 2.45) is 16.9 Å². The lowest BCUT2D eigenvalue weighted by molar-refractivity contribution is -0.137. The Morgan fingerprint density at radius 3 is 2.67 bits per heavy atom. The van der Waals surface area contributed by atoms with Crippen LogP contribution >= 0.6 is 0 Å². The highest BCUT2D eigenvalue weighted by Gasteiger charge is 2.29. The maximum atomic E-state index is 12.5. The van der Waals surface area contributed by atoms with Crippen molar-refractivity contribution < 1.29 is 14.3 Å². The standard InChI is InChI=1S/C21H29N3O3/c1-14-5-4-6-18(15(14)2)22-20(25)13-24-21(26)12-11-19(23-24)16-7-9-17(27-3)10-8-16/h7-10,14-15,18H,4-6,11-13H2,1-3H3,(H,22,25)/t14-,15-,18+/m0/s1.